The van der Waals surface area contributed by atoms with Crippen molar-refractivity contribution >= 4 is 11.9 Å². The molecule has 0 aromatic heterocycles. The first-order valence-electron chi connectivity index (χ1n) is 8.11. The average molecular weight is 292 g/mol. The molecule has 1 saturated heterocycles. The molecule has 1 unspecified atom stereocenters. The van der Waals surface area contributed by atoms with Gasteiger partial charge in [0.15, 0.2) is 5.96 Å². The van der Waals surface area contributed by atoms with E-state index >= 15 is 0 Å². The van der Waals surface area contributed by atoms with Crippen molar-refractivity contribution in [1.29, 1.82) is 0 Å². The zero-order valence-electron chi connectivity index (χ0n) is 13.1. The van der Waals surface area contributed by atoms with Gasteiger partial charge in [-0.2, -0.15) is 0 Å². The highest BCUT2D eigenvalue weighted by Crippen LogP contribution is 2.21. The summed E-state index contributed by atoms with van der Waals surface area (Å²) in [4.78, 5) is 17.7. The van der Waals surface area contributed by atoms with Crippen LogP contribution in [0, 0.1) is 5.92 Å². The molecule has 5 heteroatoms. The van der Waals surface area contributed by atoms with E-state index in [0.717, 1.165) is 44.9 Å². The van der Waals surface area contributed by atoms with Crippen molar-refractivity contribution in [1.82, 2.24) is 10.2 Å². The molecule has 0 radical (unpaired) electrons. The lowest BCUT2D eigenvalue weighted by atomic mass is 9.95. The molecule has 118 valence electrons. The van der Waals surface area contributed by atoms with Crippen LogP contribution in [0.25, 0.3) is 0 Å². The summed E-state index contributed by atoms with van der Waals surface area (Å²) >= 11 is 0. The van der Waals surface area contributed by atoms with Gasteiger partial charge in [0.05, 0.1) is 0 Å². The highest BCUT2D eigenvalue weighted by Gasteiger charge is 2.23. The molecule has 2 rings (SSSR count). The van der Waals surface area contributed by atoms with Crippen LogP contribution >= 0.6 is 0 Å². The smallest absolute Gasteiger partial charge is 0.217 e. The molecular formula is C16H28N4O. The normalized spacial score (nSPS) is 23.1. The van der Waals surface area contributed by atoms with Crippen molar-refractivity contribution in [3.63, 3.8) is 0 Å². The summed E-state index contributed by atoms with van der Waals surface area (Å²) in [7, 11) is 1.83. The van der Waals surface area contributed by atoms with Gasteiger partial charge < -0.3 is 16.0 Å². The van der Waals surface area contributed by atoms with E-state index in [1.165, 1.54) is 19.3 Å². The second-order valence-electron chi connectivity index (χ2n) is 6.10. The average Bonchev–Trinajstić information content (AvgIpc) is 2.96. The Morgan fingerprint density at radius 1 is 1.52 bits per heavy atom. The molecule has 2 aliphatic rings. The Bertz CT molecular complexity index is 417. The number of carbonyl (C=O) groups excluding carboxylic acids is 1. The zero-order chi connectivity index (χ0) is 15.1. The van der Waals surface area contributed by atoms with Gasteiger partial charge in [-0.15, -0.1) is 0 Å². The van der Waals surface area contributed by atoms with Gasteiger partial charge in [0.1, 0.15) is 0 Å². The molecule has 0 saturated carbocycles. The van der Waals surface area contributed by atoms with Crippen LogP contribution in [-0.4, -0.2) is 43.4 Å². The SMILES string of the molecule is CN=C(NCCC1=CCCC1)N1CCCC(CC(N)=O)C1. The third-order valence-corrected chi connectivity index (χ3v) is 4.38. The number of amides is 1. The molecule has 0 bridgehead atoms. The first-order chi connectivity index (χ1) is 10.2. The van der Waals surface area contributed by atoms with Crippen molar-refractivity contribution in [2.24, 2.45) is 16.6 Å². The molecule has 1 fully saturated rings. The standard InChI is InChI=1S/C16H28N4O/c1-18-16(19-9-8-13-5-2-3-6-13)20-10-4-7-14(12-20)11-15(17)21/h5,14H,2-4,6-12H2,1H3,(H2,17,21)(H,18,19). The Morgan fingerprint density at radius 2 is 2.38 bits per heavy atom. The maximum absolute atomic E-state index is 11.1. The molecule has 1 aliphatic carbocycles. The van der Waals surface area contributed by atoms with Gasteiger partial charge in [-0.1, -0.05) is 11.6 Å². The van der Waals surface area contributed by atoms with Gasteiger partial charge in [-0.3, -0.25) is 9.79 Å². The van der Waals surface area contributed by atoms with Crippen LogP contribution in [0.1, 0.15) is 44.9 Å². The van der Waals surface area contributed by atoms with E-state index < -0.39 is 0 Å². The van der Waals surface area contributed by atoms with Crippen LogP contribution in [0.2, 0.25) is 0 Å². The summed E-state index contributed by atoms with van der Waals surface area (Å²) in [5.41, 5.74) is 6.89. The monoisotopic (exact) mass is 292 g/mol. The summed E-state index contributed by atoms with van der Waals surface area (Å²) < 4.78 is 0. The summed E-state index contributed by atoms with van der Waals surface area (Å²) in [5.74, 6) is 1.13. The number of carbonyl (C=O) groups is 1. The van der Waals surface area contributed by atoms with Crippen molar-refractivity contribution in [2.75, 3.05) is 26.7 Å². The molecule has 21 heavy (non-hydrogen) atoms. The Balaban J connectivity index is 1.78. The van der Waals surface area contributed by atoms with Gasteiger partial charge in [-0.05, 0) is 44.4 Å². The molecule has 0 aromatic carbocycles. The molecule has 3 N–H and O–H groups in total. The van der Waals surface area contributed by atoms with E-state index in [9.17, 15) is 4.79 Å². The number of likely N-dealkylation sites (tertiary alicyclic amines) is 1. The number of allylic oxidation sites excluding steroid dienone is 1. The Morgan fingerprint density at radius 3 is 3.05 bits per heavy atom. The predicted octanol–water partition coefficient (Wildman–Crippen LogP) is 1.65. The number of nitrogens with zero attached hydrogens (tertiary/aromatic N) is 2. The first kappa shape index (κ1) is 15.9. The van der Waals surface area contributed by atoms with E-state index in [2.05, 4.69) is 21.3 Å². The fourth-order valence-electron chi connectivity index (χ4n) is 3.34. The number of guanidine groups is 1. The van der Waals surface area contributed by atoms with Gasteiger partial charge in [0.2, 0.25) is 5.91 Å². The van der Waals surface area contributed by atoms with Crippen LogP contribution in [0.3, 0.4) is 0 Å². The lowest BCUT2D eigenvalue weighted by Crippen LogP contribution is -2.47. The van der Waals surface area contributed by atoms with Gasteiger partial charge in [-0.25, -0.2) is 0 Å². The van der Waals surface area contributed by atoms with E-state index in [1.807, 2.05) is 7.05 Å². The number of hydrogen-bond acceptors (Lipinski definition) is 2. The highest BCUT2D eigenvalue weighted by molar-refractivity contribution is 5.80. The Labute approximate surface area is 127 Å². The number of piperidine rings is 1. The van der Waals surface area contributed by atoms with Gasteiger partial charge in [0, 0.05) is 33.1 Å². The Kier molecular flexibility index (Phi) is 6.08. The fourth-order valence-corrected chi connectivity index (χ4v) is 3.34. The lowest BCUT2D eigenvalue weighted by molar-refractivity contribution is -0.119. The van der Waals surface area contributed by atoms with Crippen LogP contribution in [0.5, 0.6) is 0 Å². The largest absolute Gasteiger partial charge is 0.370 e. The molecule has 0 aromatic rings. The molecule has 1 atom stereocenters. The fraction of sp³-hybridized carbons (Fsp3) is 0.750. The molecule has 1 aliphatic heterocycles. The van der Waals surface area contributed by atoms with Crippen LogP contribution in [-0.2, 0) is 4.79 Å². The quantitative estimate of drug-likeness (QED) is 0.460. The van der Waals surface area contributed by atoms with E-state index in [0.29, 0.717) is 12.3 Å². The summed E-state index contributed by atoms with van der Waals surface area (Å²) in [6, 6.07) is 0. The summed E-state index contributed by atoms with van der Waals surface area (Å²) in [6.07, 6.45) is 9.96. The topological polar surface area (TPSA) is 70.7 Å². The molecule has 1 heterocycles. The van der Waals surface area contributed by atoms with Gasteiger partial charge in [0.25, 0.3) is 0 Å². The second kappa shape index (κ2) is 8.05. The minimum absolute atomic E-state index is 0.196. The third-order valence-electron chi connectivity index (χ3n) is 4.38. The van der Waals surface area contributed by atoms with Crippen LogP contribution in [0.15, 0.2) is 16.6 Å². The first-order valence-corrected chi connectivity index (χ1v) is 8.11. The molecule has 0 spiro atoms. The highest BCUT2D eigenvalue weighted by atomic mass is 16.1. The maximum Gasteiger partial charge on any atom is 0.217 e. The second-order valence-corrected chi connectivity index (χ2v) is 6.10. The van der Waals surface area contributed by atoms with Crippen LogP contribution < -0.4 is 11.1 Å². The summed E-state index contributed by atoms with van der Waals surface area (Å²) in [6.45, 7) is 2.83. The van der Waals surface area contributed by atoms with E-state index in [4.69, 9.17) is 5.73 Å². The number of nitrogens with two attached hydrogens (primary N) is 1. The number of primary amides is 1. The number of aliphatic imine (C=N–C) groups is 1. The Hall–Kier alpha value is -1.52. The van der Waals surface area contributed by atoms with Crippen LogP contribution in [0.4, 0.5) is 0 Å². The molecule has 5 nitrogen and oxygen atoms in total. The lowest BCUT2D eigenvalue weighted by Gasteiger charge is -2.34. The minimum Gasteiger partial charge on any atom is -0.370 e. The van der Waals surface area contributed by atoms with Gasteiger partial charge >= 0.3 is 0 Å². The third kappa shape index (κ3) is 5.06. The maximum atomic E-state index is 11.1. The summed E-state index contributed by atoms with van der Waals surface area (Å²) in [5, 5.41) is 3.46. The number of rotatable bonds is 5. The van der Waals surface area contributed by atoms with Crippen molar-refractivity contribution < 1.29 is 4.79 Å². The minimum atomic E-state index is -0.196. The van der Waals surface area contributed by atoms with E-state index in [-0.39, 0.29) is 5.91 Å². The predicted molar refractivity (Wildman–Crippen MR) is 86.0 cm³/mol. The van der Waals surface area contributed by atoms with Crippen molar-refractivity contribution in [2.45, 2.75) is 44.9 Å². The van der Waals surface area contributed by atoms with Crippen molar-refractivity contribution in [3.8, 4) is 0 Å². The number of nitrogens with one attached hydrogen (secondary N) is 1. The zero-order valence-corrected chi connectivity index (χ0v) is 13.1. The number of hydrogen-bond donors (Lipinski definition) is 2. The molecular weight excluding hydrogens is 264 g/mol. The molecule has 1 amide bonds. The van der Waals surface area contributed by atoms with Crippen molar-refractivity contribution in [3.05, 3.63) is 11.6 Å². The van der Waals surface area contributed by atoms with E-state index in [1.54, 1.807) is 5.57 Å².